The number of hydrogen-bond acceptors (Lipinski definition) is 3. The van der Waals surface area contributed by atoms with E-state index in [1.165, 1.54) is 0 Å². The third kappa shape index (κ3) is 3.00. The minimum Gasteiger partial charge on any atom is -0.369 e. The van der Waals surface area contributed by atoms with Gasteiger partial charge in [-0.05, 0) is 32.6 Å². The number of primary amides is 1. The average Bonchev–Trinajstić information content (AvgIpc) is 2.18. The van der Waals surface area contributed by atoms with Gasteiger partial charge in [-0.25, -0.2) is 0 Å². The highest BCUT2D eigenvalue weighted by atomic mass is 16.1. The van der Waals surface area contributed by atoms with Gasteiger partial charge in [0.25, 0.3) is 0 Å². The fourth-order valence-corrected chi connectivity index (χ4v) is 1.94. The molecule has 78 valence electrons. The Hall–Kier alpha value is -1.08. The smallest absolute Gasteiger partial charge is 0.220 e. The summed E-state index contributed by atoms with van der Waals surface area (Å²) in [6, 6.07) is 2.41. The molecule has 4 nitrogen and oxygen atoms in total. The molecule has 0 heterocycles. The first-order valence-corrected chi connectivity index (χ1v) is 5.08. The maximum atomic E-state index is 10.9. The van der Waals surface area contributed by atoms with Gasteiger partial charge < -0.3 is 5.73 Å². The second-order valence-corrected chi connectivity index (χ2v) is 3.97. The fourth-order valence-electron chi connectivity index (χ4n) is 1.94. The van der Waals surface area contributed by atoms with E-state index in [-0.39, 0.29) is 17.9 Å². The van der Waals surface area contributed by atoms with Crippen LogP contribution in [-0.2, 0) is 4.79 Å². The lowest BCUT2D eigenvalue weighted by atomic mass is 9.85. The van der Waals surface area contributed by atoms with Gasteiger partial charge in [-0.3, -0.25) is 10.1 Å². The third-order valence-electron chi connectivity index (χ3n) is 2.81. The molecule has 4 heteroatoms. The number of carbonyl (C=O) groups is 1. The number of amides is 1. The van der Waals surface area contributed by atoms with Crippen molar-refractivity contribution in [2.75, 3.05) is 0 Å². The van der Waals surface area contributed by atoms with Crippen molar-refractivity contribution in [1.29, 1.82) is 5.26 Å². The van der Waals surface area contributed by atoms with Gasteiger partial charge in [0.1, 0.15) is 0 Å². The van der Waals surface area contributed by atoms with Crippen LogP contribution in [0.3, 0.4) is 0 Å². The highest BCUT2D eigenvalue weighted by molar-refractivity contribution is 5.76. The molecule has 0 radical (unpaired) electrons. The maximum Gasteiger partial charge on any atom is 0.220 e. The Balaban J connectivity index is 2.29. The molecule has 1 saturated carbocycles. The van der Waals surface area contributed by atoms with Crippen LogP contribution in [0.15, 0.2) is 0 Å². The van der Waals surface area contributed by atoms with Gasteiger partial charge >= 0.3 is 0 Å². The molecule has 1 rings (SSSR count). The van der Waals surface area contributed by atoms with Crippen LogP contribution in [0.4, 0.5) is 0 Å². The molecule has 3 N–H and O–H groups in total. The Morgan fingerprint density at radius 2 is 2.07 bits per heavy atom. The maximum absolute atomic E-state index is 10.9. The number of carbonyl (C=O) groups excluding carboxylic acids is 1. The third-order valence-corrected chi connectivity index (χ3v) is 2.81. The van der Waals surface area contributed by atoms with Crippen LogP contribution in [0.2, 0.25) is 0 Å². The van der Waals surface area contributed by atoms with Crippen molar-refractivity contribution >= 4 is 5.91 Å². The van der Waals surface area contributed by atoms with Crippen molar-refractivity contribution in [1.82, 2.24) is 5.32 Å². The molecule has 1 aliphatic rings. The van der Waals surface area contributed by atoms with E-state index >= 15 is 0 Å². The monoisotopic (exact) mass is 195 g/mol. The topological polar surface area (TPSA) is 78.9 Å². The number of nitrogens with zero attached hydrogens (tertiary/aromatic N) is 1. The van der Waals surface area contributed by atoms with E-state index in [0.29, 0.717) is 6.04 Å². The fraction of sp³-hybridized carbons (Fsp3) is 0.800. The summed E-state index contributed by atoms with van der Waals surface area (Å²) < 4.78 is 0. The van der Waals surface area contributed by atoms with E-state index in [9.17, 15) is 4.79 Å². The van der Waals surface area contributed by atoms with Crippen LogP contribution in [0.1, 0.15) is 32.6 Å². The average molecular weight is 195 g/mol. The molecule has 1 unspecified atom stereocenters. The first kappa shape index (κ1) is 11.0. The molecule has 0 aromatic heterocycles. The zero-order chi connectivity index (χ0) is 10.6. The molecule has 0 bridgehead atoms. The number of nitrogens with two attached hydrogens (primary N) is 1. The molecule has 14 heavy (non-hydrogen) atoms. The van der Waals surface area contributed by atoms with E-state index in [2.05, 4.69) is 11.4 Å². The standard InChI is InChI=1S/C10H17N3O/c1-7(6-11)13-9-4-2-8(3-5-9)10(12)14/h7-9,13H,2-5H2,1H3,(H2,12,14). The van der Waals surface area contributed by atoms with Gasteiger partial charge in [-0.2, -0.15) is 5.26 Å². The van der Waals surface area contributed by atoms with Crippen LogP contribution in [0, 0.1) is 17.2 Å². The summed E-state index contributed by atoms with van der Waals surface area (Å²) in [6.45, 7) is 1.85. The molecule has 0 aromatic carbocycles. The number of hydrogen-bond donors (Lipinski definition) is 2. The normalized spacial score (nSPS) is 29.1. The Morgan fingerprint density at radius 1 is 1.50 bits per heavy atom. The minimum absolute atomic E-state index is 0.0467. The van der Waals surface area contributed by atoms with Gasteiger partial charge in [0, 0.05) is 12.0 Å². The molecular formula is C10H17N3O. The summed E-state index contributed by atoms with van der Waals surface area (Å²) in [5, 5.41) is 11.8. The van der Waals surface area contributed by atoms with E-state index in [1.54, 1.807) is 0 Å². The first-order valence-electron chi connectivity index (χ1n) is 5.08. The number of nitriles is 1. The number of rotatable bonds is 3. The summed E-state index contributed by atoms with van der Waals surface area (Å²) >= 11 is 0. The van der Waals surface area contributed by atoms with Crippen molar-refractivity contribution in [3.05, 3.63) is 0 Å². The summed E-state index contributed by atoms with van der Waals surface area (Å²) in [4.78, 5) is 10.9. The second-order valence-electron chi connectivity index (χ2n) is 3.97. The minimum atomic E-state index is -0.184. The largest absolute Gasteiger partial charge is 0.369 e. The summed E-state index contributed by atoms with van der Waals surface area (Å²) in [5.41, 5.74) is 5.23. The Morgan fingerprint density at radius 3 is 2.50 bits per heavy atom. The lowest BCUT2D eigenvalue weighted by Gasteiger charge is -2.28. The predicted molar refractivity (Wildman–Crippen MR) is 53.2 cm³/mol. The lowest BCUT2D eigenvalue weighted by Crippen LogP contribution is -2.40. The van der Waals surface area contributed by atoms with Crippen LogP contribution in [0.25, 0.3) is 0 Å². The molecule has 0 aromatic rings. The highest BCUT2D eigenvalue weighted by Crippen LogP contribution is 2.23. The molecule has 1 amide bonds. The van der Waals surface area contributed by atoms with E-state index in [1.807, 2.05) is 6.92 Å². The van der Waals surface area contributed by atoms with Gasteiger partial charge in [0.2, 0.25) is 5.91 Å². The van der Waals surface area contributed by atoms with Crippen molar-refractivity contribution in [3.63, 3.8) is 0 Å². The van der Waals surface area contributed by atoms with Crippen molar-refractivity contribution in [2.45, 2.75) is 44.7 Å². The van der Waals surface area contributed by atoms with Gasteiger partial charge in [-0.1, -0.05) is 0 Å². The van der Waals surface area contributed by atoms with Crippen molar-refractivity contribution in [2.24, 2.45) is 11.7 Å². The zero-order valence-electron chi connectivity index (χ0n) is 8.49. The van der Waals surface area contributed by atoms with E-state index in [0.717, 1.165) is 25.7 Å². The van der Waals surface area contributed by atoms with Crippen LogP contribution in [-0.4, -0.2) is 18.0 Å². The van der Waals surface area contributed by atoms with Crippen LogP contribution < -0.4 is 11.1 Å². The highest BCUT2D eigenvalue weighted by Gasteiger charge is 2.24. The van der Waals surface area contributed by atoms with Gasteiger partial charge in [0.15, 0.2) is 0 Å². The van der Waals surface area contributed by atoms with E-state index < -0.39 is 0 Å². The Kier molecular flexibility index (Phi) is 3.90. The molecule has 1 fully saturated rings. The van der Waals surface area contributed by atoms with E-state index in [4.69, 9.17) is 11.0 Å². The molecule has 1 atom stereocenters. The van der Waals surface area contributed by atoms with Gasteiger partial charge in [-0.15, -0.1) is 0 Å². The Labute approximate surface area is 84.5 Å². The molecular weight excluding hydrogens is 178 g/mol. The van der Waals surface area contributed by atoms with Gasteiger partial charge in [0.05, 0.1) is 12.1 Å². The zero-order valence-corrected chi connectivity index (χ0v) is 8.49. The quantitative estimate of drug-likeness (QED) is 0.689. The SMILES string of the molecule is CC(C#N)NC1CCC(C(N)=O)CC1. The molecule has 0 spiro atoms. The molecule has 0 saturated heterocycles. The molecule has 0 aliphatic heterocycles. The molecule has 1 aliphatic carbocycles. The summed E-state index contributed by atoms with van der Waals surface area (Å²) in [6.07, 6.45) is 3.59. The van der Waals surface area contributed by atoms with Crippen LogP contribution >= 0.6 is 0 Å². The second kappa shape index (κ2) is 4.97. The Bertz CT molecular complexity index is 238. The predicted octanol–water partition coefficient (Wildman–Crippen LogP) is 0.532. The first-order chi connectivity index (χ1) is 6.63. The van der Waals surface area contributed by atoms with Crippen molar-refractivity contribution in [3.8, 4) is 6.07 Å². The lowest BCUT2D eigenvalue weighted by molar-refractivity contribution is -0.122. The summed E-state index contributed by atoms with van der Waals surface area (Å²) in [7, 11) is 0. The van der Waals surface area contributed by atoms with Crippen molar-refractivity contribution < 1.29 is 4.79 Å². The van der Waals surface area contributed by atoms with Crippen LogP contribution in [0.5, 0.6) is 0 Å². The number of nitrogens with one attached hydrogen (secondary N) is 1. The summed E-state index contributed by atoms with van der Waals surface area (Å²) in [5.74, 6) is -0.137.